The minimum atomic E-state index is -0.605. The summed E-state index contributed by atoms with van der Waals surface area (Å²) in [5, 5.41) is 8.98. The zero-order valence-corrected chi connectivity index (χ0v) is 9.97. The number of aliphatic hydroxyl groups is 1. The molecule has 0 fully saturated rings. The van der Waals surface area contributed by atoms with Crippen LogP contribution in [0.4, 0.5) is 4.39 Å². The second-order valence-corrected chi connectivity index (χ2v) is 4.05. The number of nitrogens with zero attached hydrogens (tertiary/aromatic N) is 2. The zero-order chi connectivity index (χ0) is 13.1. The molecule has 0 spiro atoms. The summed E-state index contributed by atoms with van der Waals surface area (Å²) in [5.74, 6) is 0.122. The van der Waals surface area contributed by atoms with E-state index in [4.69, 9.17) is 10.8 Å². The molecule has 2 rings (SSSR count). The topological polar surface area (TPSA) is 72.0 Å². The average Bonchev–Trinajstić information content (AvgIpc) is 2.41. The Morgan fingerprint density at radius 1 is 1.39 bits per heavy atom. The number of rotatable bonds is 3. The van der Waals surface area contributed by atoms with Crippen LogP contribution in [0.15, 0.2) is 30.5 Å². The van der Waals surface area contributed by atoms with Gasteiger partial charge in [0.05, 0.1) is 18.3 Å². The predicted molar refractivity (Wildman–Crippen MR) is 66.2 cm³/mol. The molecule has 3 N–H and O–H groups in total. The fourth-order valence-electron chi connectivity index (χ4n) is 1.60. The molecule has 0 saturated carbocycles. The van der Waals surface area contributed by atoms with Crippen LogP contribution in [0.2, 0.25) is 0 Å². The molecule has 94 valence electrons. The molecule has 2 aromatic rings. The summed E-state index contributed by atoms with van der Waals surface area (Å²) in [5.41, 5.74) is 7.67. The van der Waals surface area contributed by atoms with Gasteiger partial charge in [-0.3, -0.25) is 0 Å². The fraction of sp³-hybridized carbons (Fsp3) is 0.231. The maximum absolute atomic E-state index is 13.2. The standard InChI is InChI=1S/C13H14FN3O/c1-8-6-9(2-3-10(8)14)12-4-5-16-13(17-12)11(15)7-18/h2-6,11,18H,7,15H2,1H3. The predicted octanol–water partition coefficient (Wildman–Crippen LogP) is 1.58. The van der Waals surface area contributed by atoms with Crippen molar-refractivity contribution in [3.63, 3.8) is 0 Å². The number of nitrogens with two attached hydrogens (primary N) is 1. The number of halogens is 1. The number of hydrogen-bond acceptors (Lipinski definition) is 4. The second kappa shape index (κ2) is 5.20. The van der Waals surface area contributed by atoms with Crippen molar-refractivity contribution >= 4 is 0 Å². The summed E-state index contributed by atoms with van der Waals surface area (Å²) in [7, 11) is 0. The lowest BCUT2D eigenvalue weighted by molar-refractivity contribution is 0.263. The van der Waals surface area contributed by atoms with Crippen LogP contribution in [-0.2, 0) is 0 Å². The largest absolute Gasteiger partial charge is 0.394 e. The fourth-order valence-corrected chi connectivity index (χ4v) is 1.60. The first-order valence-electron chi connectivity index (χ1n) is 5.57. The van der Waals surface area contributed by atoms with Crippen molar-refractivity contribution in [2.45, 2.75) is 13.0 Å². The van der Waals surface area contributed by atoms with Crippen molar-refractivity contribution < 1.29 is 9.50 Å². The van der Waals surface area contributed by atoms with Crippen LogP contribution in [-0.4, -0.2) is 21.7 Å². The van der Waals surface area contributed by atoms with Gasteiger partial charge in [0.2, 0.25) is 0 Å². The van der Waals surface area contributed by atoms with Crippen molar-refractivity contribution in [2.24, 2.45) is 5.73 Å². The Morgan fingerprint density at radius 2 is 2.17 bits per heavy atom. The molecule has 5 heteroatoms. The molecule has 1 atom stereocenters. The van der Waals surface area contributed by atoms with E-state index in [1.807, 2.05) is 0 Å². The van der Waals surface area contributed by atoms with Gasteiger partial charge in [-0.15, -0.1) is 0 Å². The molecule has 0 aliphatic heterocycles. The SMILES string of the molecule is Cc1cc(-c2ccnc(C(N)CO)n2)ccc1F. The molecule has 0 bridgehead atoms. The molecule has 0 radical (unpaired) electrons. The zero-order valence-electron chi connectivity index (χ0n) is 9.97. The van der Waals surface area contributed by atoms with Crippen molar-refractivity contribution in [3.8, 4) is 11.3 Å². The molecule has 0 amide bonds. The van der Waals surface area contributed by atoms with E-state index in [1.165, 1.54) is 6.07 Å². The molecule has 18 heavy (non-hydrogen) atoms. The third-order valence-electron chi connectivity index (χ3n) is 2.66. The summed E-state index contributed by atoms with van der Waals surface area (Å²) >= 11 is 0. The van der Waals surface area contributed by atoms with Gasteiger partial charge in [0, 0.05) is 11.8 Å². The Hall–Kier alpha value is -1.85. The van der Waals surface area contributed by atoms with Crippen LogP contribution in [0.1, 0.15) is 17.4 Å². The van der Waals surface area contributed by atoms with Crippen molar-refractivity contribution in [1.82, 2.24) is 9.97 Å². The van der Waals surface area contributed by atoms with Gasteiger partial charge in [-0.25, -0.2) is 14.4 Å². The molecule has 1 unspecified atom stereocenters. The van der Waals surface area contributed by atoms with E-state index in [0.717, 1.165) is 5.56 Å². The third-order valence-corrected chi connectivity index (χ3v) is 2.66. The van der Waals surface area contributed by atoms with E-state index >= 15 is 0 Å². The van der Waals surface area contributed by atoms with E-state index < -0.39 is 6.04 Å². The molecule has 0 aliphatic carbocycles. The highest BCUT2D eigenvalue weighted by Crippen LogP contribution is 2.20. The highest BCUT2D eigenvalue weighted by Gasteiger charge is 2.09. The molecule has 0 aliphatic rings. The van der Waals surface area contributed by atoms with Gasteiger partial charge in [0.1, 0.15) is 11.6 Å². The highest BCUT2D eigenvalue weighted by atomic mass is 19.1. The van der Waals surface area contributed by atoms with Crippen LogP contribution in [0.5, 0.6) is 0 Å². The van der Waals surface area contributed by atoms with Crippen LogP contribution in [0, 0.1) is 12.7 Å². The maximum Gasteiger partial charge on any atom is 0.147 e. The Labute approximate surface area is 104 Å². The van der Waals surface area contributed by atoms with Crippen molar-refractivity contribution in [2.75, 3.05) is 6.61 Å². The van der Waals surface area contributed by atoms with E-state index in [2.05, 4.69) is 9.97 Å². The van der Waals surface area contributed by atoms with Gasteiger partial charge in [0.25, 0.3) is 0 Å². The molecule has 0 saturated heterocycles. The Kier molecular flexibility index (Phi) is 3.64. The number of aryl methyl sites for hydroxylation is 1. The van der Waals surface area contributed by atoms with Gasteiger partial charge in [-0.1, -0.05) is 0 Å². The third kappa shape index (κ3) is 2.52. The summed E-state index contributed by atoms with van der Waals surface area (Å²) < 4.78 is 13.2. The lowest BCUT2D eigenvalue weighted by Crippen LogP contribution is -2.17. The van der Waals surface area contributed by atoms with Crippen LogP contribution < -0.4 is 5.73 Å². The van der Waals surface area contributed by atoms with Crippen LogP contribution in [0.25, 0.3) is 11.3 Å². The van der Waals surface area contributed by atoms with E-state index in [1.54, 1.807) is 31.3 Å². The van der Waals surface area contributed by atoms with Gasteiger partial charge >= 0.3 is 0 Å². The molecular formula is C13H14FN3O. The molecular weight excluding hydrogens is 233 g/mol. The Bertz CT molecular complexity index is 560. The summed E-state index contributed by atoms with van der Waals surface area (Å²) in [6, 6.07) is 5.88. The number of aromatic nitrogens is 2. The Balaban J connectivity index is 2.41. The average molecular weight is 247 g/mol. The minimum Gasteiger partial charge on any atom is -0.394 e. The lowest BCUT2D eigenvalue weighted by atomic mass is 10.1. The summed E-state index contributed by atoms with van der Waals surface area (Å²) in [4.78, 5) is 8.27. The molecule has 1 aromatic heterocycles. The lowest BCUT2D eigenvalue weighted by Gasteiger charge is -2.08. The molecule has 1 aromatic carbocycles. The number of hydrogen-bond donors (Lipinski definition) is 2. The monoisotopic (exact) mass is 247 g/mol. The summed E-state index contributed by atoms with van der Waals surface area (Å²) in [6.45, 7) is 1.48. The van der Waals surface area contributed by atoms with Crippen LogP contribution in [0.3, 0.4) is 0 Å². The number of aliphatic hydroxyl groups excluding tert-OH is 1. The Morgan fingerprint density at radius 3 is 2.83 bits per heavy atom. The second-order valence-electron chi connectivity index (χ2n) is 4.05. The van der Waals surface area contributed by atoms with Gasteiger partial charge in [-0.2, -0.15) is 0 Å². The van der Waals surface area contributed by atoms with E-state index in [9.17, 15) is 4.39 Å². The first-order valence-corrected chi connectivity index (χ1v) is 5.57. The quantitative estimate of drug-likeness (QED) is 0.863. The smallest absolute Gasteiger partial charge is 0.147 e. The minimum absolute atomic E-state index is 0.216. The maximum atomic E-state index is 13.2. The van der Waals surface area contributed by atoms with Gasteiger partial charge < -0.3 is 10.8 Å². The van der Waals surface area contributed by atoms with Gasteiger partial charge in [0.15, 0.2) is 0 Å². The van der Waals surface area contributed by atoms with E-state index in [-0.39, 0.29) is 12.4 Å². The number of benzene rings is 1. The van der Waals surface area contributed by atoms with Crippen molar-refractivity contribution in [1.29, 1.82) is 0 Å². The van der Waals surface area contributed by atoms with Crippen LogP contribution >= 0.6 is 0 Å². The highest BCUT2D eigenvalue weighted by molar-refractivity contribution is 5.59. The van der Waals surface area contributed by atoms with Gasteiger partial charge in [-0.05, 0) is 36.8 Å². The normalized spacial score (nSPS) is 12.4. The summed E-state index contributed by atoms with van der Waals surface area (Å²) in [6.07, 6.45) is 1.58. The molecule has 1 heterocycles. The molecule has 4 nitrogen and oxygen atoms in total. The first kappa shape index (κ1) is 12.6. The van der Waals surface area contributed by atoms with E-state index in [0.29, 0.717) is 17.1 Å². The first-order chi connectivity index (χ1) is 8.61. The van der Waals surface area contributed by atoms with Crippen molar-refractivity contribution in [3.05, 3.63) is 47.7 Å².